The smallest absolute Gasteiger partial charge is 0.225 e. The zero-order valence-electron chi connectivity index (χ0n) is 17.2. The van der Waals surface area contributed by atoms with Crippen LogP contribution >= 0.6 is 0 Å². The van der Waals surface area contributed by atoms with Crippen LogP contribution in [0.4, 0.5) is 11.8 Å². The number of benzene rings is 1. The number of hydrogen-bond donors (Lipinski definition) is 2. The van der Waals surface area contributed by atoms with Crippen molar-refractivity contribution in [2.24, 2.45) is 0 Å². The minimum atomic E-state index is -0.419. The molecule has 1 aromatic carbocycles. The molecule has 146 valence electrons. The van der Waals surface area contributed by atoms with Crippen LogP contribution in [0.3, 0.4) is 0 Å². The van der Waals surface area contributed by atoms with E-state index in [1.54, 1.807) is 0 Å². The number of fused-ring (bicyclic) bond motifs is 1. The Balaban J connectivity index is 1.87. The minimum absolute atomic E-state index is 0.348. The van der Waals surface area contributed by atoms with Crippen LogP contribution in [-0.4, -0.2) is 27.7 Å². The van der Waals surface area contributed by atoms with Gasteiger partial charge in [0, 0.05) is 25.2 Å². The topological polar surface area (TPSA) is 61.3 Å². The van der Waals surface area contributed by atoms with Gasteiger partial charge in [0.15, 0.2) is 0 Å². The molecule has 0 saturated carbocycles. The number of nitrogens with zero attached hydrogens (tertiary/aromatic N) is 3. The fourth-order valence-electron chi connectivity index (χ4n) is 3.33. The summed E-state index contributed by atoms with van der Waals surface area (Å²) in [4.78, 5) is 11.9. The van der Waals surface area contributed by atoms with Gasteiger partial charge in [0.05, 0.1) is 11.8 Å². The van der Waals surface area contributed by atoms with Crippen molar-refractivity contribution >= 4 is 11.8 Å². The van der Waals surface area contributed by atoms with Gasteiger partial charge in [-0.15, -0.1) is 0 Å². The third kappa shape index (κ3) is 4.59. The van der Waals surface area contributed by atoms with Crippen LogP contribution in [-0.2, 0) is 13.0 Å². The Morgan fingerprint density at radius 3 is 2.56 bits per heavy atom. The first kappa shape index (κ1) is 19.6. The second-order valence-electron chi connectivity index (χ2n) is 7.96. The first-order chi connectivity index (χ1) is 12.9. The van der Waals surface area contributed by atoms with Gasteiger partial charge in [-0.3, -0.25) is 0 Å². The molecular formula is C22H32N4O. The molecule has 2 atom stereocenters. The Morgan fingerprint density at radius 2 is 1.89 bits per heavy atom. The van der Waals surface area contributed by atoms with Crippen molar-refractivity contribution in [3.8, 4) is 0 Å². The zero-order valence-corrected chi connectivity index (χ0v) is 17.2. The highest BCUT2D eigenvalue weighted by molar-refractivity contribution is 5.49. The molecule has 0 saturated heterocycles. The SMILES string of the molecule is CC[C@H](C)Nc1nc(C(C)C)cc(N2CCc3cc([C@H](C)O)ccc3C2)n1. The van der Waals surface area contributed by atoms with Gasteiger partial charge in [0.1, 0.15) is 5.82 Å². The van der Waals surface area contributed by atoms with Crippen LogP contribution in [0, 0.1) is 0 Å². The van der Waals surface area contributed by atoms with Crippen LogP contribution in [0.15, 0.2) is 24.3 Å². The summed E-state index contributed by atoms with van der Waals surface area (Å²) >= 11 is 0. The largest absolute Gasteiger partial charge is 0.389 e. The van der Waals surface area contributed by atoms with E-state index >= 15 is 0 Å². The molecule has 0 unspecified atom stereocenters. The zero-order chi connectivity index (χ0) is 19.6. The van der Waals surface area contributed by atoms with Crippen molar-refractivity contribution in [1.82, 2.24) is 9.97 Å². The highest BCUT2D eigenvalue weighted by atomic mass is 16.3. The number of aliphatic hydroxyl groups excluding tert-OH is 1. The first-order valence-electron chi connectivity index (χ1n) is 10.1. The summed E-state index contributed by atoms with van der Waals surface area (Å²) in [6.07, 6.45) is 1.58. The molecule has 5 nitrogen and oxygen atoms in total. The summed E-state index contributed by atoms with van der Waals surface area (Å²) in [6, 6.07) is 8.80. The molecule has 0 bridgehead atoms. The summed E-state index contributed by atoms with van der Waals surface area (Å²) in [5.74, 6) is 2.07. The number of anilines is 2. The number of hydrogen-bond acceptors (Lipinski definition) is 5. The molecule has 2 heterocycles. The maximum Gasteiger partial charge on any atom is 0.225 e. The molecule has 3 rings (SSSR count). The average molecular weight is 369 g/mol. The number of aromatic nitrogens is 2. The van der Waals surface area contributed by atoms with Gasteiger partial charge in [-0.25, -0.2) is 4.98 Å². The molecule has 0 aliphatic carbocycles. The van der Waals surface area contributed by atoms with Crippen LogP contribution in [0.1, 0.15) is 75.4 Å². The Morgan fingerprint density at radius 1 is 1.11 bits per heavy atom. The summed E-state index contributed by atoms with van der Waals surface area (Å²) in [5.41, 5.74) is 4.71. The predicted molar refractivity (Wildman–Crippen MR) is 111 cm³/mol. The minimum Gasteiger partial charge on any atom is -0.389 e. The maximum atomic E-state index is 9.83. The Kier molecular flexibility index (Phi) is 6.00. The van der Waals surface area contributed by atoms with Gasteiger partial charge in [0.2, 0.25) is 5.95 Å². The van der Waals surface area contributed by atoms with Gasteiger partial charge in [-0.05, 0) is 49.3 Å². The van der Waals surface area contributed by atoms with Crippen LogP contribution in [0.25, 0.3) is 0 Å². The predicted octanol–water partition coefficient (Wildman–Crippen LogP) is 4.43. The molecule has 0 radical (unpaired) electrons. The van der Waals surface area contributed by atoms with Crippen molar-refractivity contribution in [1.29, 1.82) is 0 Å². The lowest BCUT2D eigenvalue weighted by Crippen LogP contribution is -2.31. The Labute approximate surface area is 162 Å². The van der Waals surface area contributed by atoms with Crippen LogP contribution < -0.4 is 10.2 Å². The van der Waals surface area contributed by atoms with Crippen molar-refractivity contribution < 1.29 is 5.11 Å². The molecule has 2 aromatic rings. The molecule has 1 aromatic heterocycles. The molecule has 0 fully saturated rings. The van der Waals surface area contributed by atoms with Crippen LogP contribution in [0.5, 0.6) is 0 Å². The van der Waals surface area contributed by atoms with Gasteiger partial charge in [0.25, 0.3) is 0 Å². The standard InChI is InChI=1S/C22H32N4O/c1-6-15(4)23-22-24-20(14(2)3)12-21(25-22)26-10-9-18-11-17(16(5)27)7-8-19(18)13-26/h7-8,11-12,14-16,27H,6,9-10,13H2,1-5H3,(H,23,24,25)/t15-,16-/m0/s1. The fraction of sp³-hybridized carbons (Fsp3) is 0.545. The molecule has 1 aliphatic rings. The molecule has 0 spiro atoms. The Bertz CT molecular complexity index is 788. The second kappa shape index (κ2) is 8.26. The highest BCUT2D eigenvalue weighted by Gasteiger charge is 2.20. The van der Waals surface area contributed by atoms with Gasteiger partial charge < -0.3 is 15.3 Å². The quantitative estimate of drug-likeness (QED) is 0.790. The Hall–Kier alpha value is -2.14. The lowest BCUT2D eigenvalue weighted by molar-refractivity contribution is 0.199. The third-order valence-electron chi connectivity index (χ3n) is 5.36. The maximum absolute atomic E-state index is 9.83. The van der Waals surface area contributed by atoms with E-state index in [2.05, 4.69) is 56.1 Å². The average Bonchev–Trinajstić information content (AvgIpc) is 2.66. The second-order valence-corrected chi connectivity index (χ2v) is 7.96. The first-order valence-corrected chi connectivity index (χ1v) is 10.1. The van der Waals surface area contributed by atoms with Crippen LogP contribution in [0.2, 0.25) is 0 Å². The molecule has 5 heteroatoms. The third-order valence-corrected chi connectivity index (χ3v) is 5.36. The highest BCUT2D eigenvalue weighted by Crippen LogP contribution is 2.28. The van der Waals surface area contributed by atoms with E-state index in [9.17, 15) is 5.11 Å². The van der Waals surface area contributed by atoms with E-state index in [1.165, 1.54) is 11.1 Å². The van der Waals surface area contributed by atoms with Gasteiger partial charge in [-0.2, -0.15) is 4.98 Å². The number of nitrogens with one attached hydrogen (secondary N) is 1. The van der Waals surface area contributed by atoms with Crippen molar-refractivity contribution in [3.05, 3.63) is 46.6 Å². The van der Waals surface area contributed by atoms with Gasteiger partial charge in [-0.1, -0.05) is 39.0 Å². The van der Waals surface area contributed by atoms with E-state index in [1.807, 2.05) is 13.0 Å². The molecule has 0 amide bonds. The lowest BCUT2D eigenvalue weighted by atomic mass is 9.95. The normalized spacial score (nSPS) is 16.2. The lowest BCUT2D eigenvalue weighted by Gasteiger charge is -2.31. The molecule has 1 aliphatic heterocycles. The fourth-order valence-corrected chi connectivity index (χ4v) is 3.33. The monoisotopic (exact) mass is 368 g/mol. The summed E-state index contributed by atoms with van der Waals surface area (Å²) in [7, 11) is 0. The number of aliphatic hydroxyl groups is 1. The molecule has 27 heavy (non-hydrogen) atoms. The number of rotatable bonds is 6. The van der Waals surface area contributed by atoms with E-state index in [-0.39, 0.29) is 0 Å². The van der Waals surface area contributed by atoms with Gasteiger partial charge >= 0.3 is 0 Å². The molecular weight excluding hydrogens is 336 g/mol. The van der Waals surface area contributed by atoms with Crippen molar-refractivity contribution in [2.75, 3.05) is 16.8 Å². The van der Waals surface area contributed by atoms with Crippen molar-refractivity contribution in [3.63, 3.8) is 0 Å². The van der Waals surface area contributed by atoms with E-state index < -0.39 is 6.10 Å². The van der Waals surface area contributed by atoms with E-state index in [0.29, 0.717) is 12.0 Å². The van der Waals surface area contributed by atoms with E-state index in [0.717, 1.165) is 49.0 Å². The van der Waals surface area contributed by atoms with E-state index in [4.69, 9.17) is 9.97 Å². The summed E-state index contributed by atoms with van der Waals surface area (Å²) < 4.78 is 0. The summed E-state index contributed by atoms with van der Waals surface area (Å²) in [5, 5.41) is 13.3. The summed E-state index contributed by atoms with van der Waals surface area (Å²) in [6.45, 7) is 12.2. The molecule has 2 N–H and O–H groups in total. The van der Waals surface area contributed by atoms with Crippen molar-refractivity contribution in [2.45, 2.75) is 72.1 Å².